The van der Waals surface area contributed by atoms with E-state index in [1.807, 2.05) is 0 Å². The largest absolute Gasteiger partial charge is 0.444 e. The summed E-state index contributed by atoms with van der Waals surface area (Å²) >= 11 is 5.90. The lowest BCUT2D eigenvalue weighted by molar-refractivity contribution is 0.0635. The number of anilines is 1. The van der Waals surface area contributed by atoms with E-state index in [0.717, 1.165) is 0 Å². The van der Waals surface area contributed by atoms with Gasteiger partial charge in [0.05, 0.1) is 5.02 Å². The van der Waals surface area contributed by atoms with Crippen molar-refractivity contribution in [2.75, 3.05) is 5.32 Å². The maximum absolute atomic E-state index is 11.6. The molecule has 0 saturated heterocycles. The van der Waals surface area contributed by atoms with Gasteiger partial charge in [-0.15, -0.1) is 0 Å². The summed E-state index contributed by atoms with van der Waals surface area (Å²) in [5.74, 6) is -0.308. The van der Waals surface area contributed by atoms with Crippen LogP contribution in [0.25, 0.3) is 0 Å². The Morgan fingerprint density at radius 3 is 2.53 bits per heavy atom. The van der Waals surface area contributed by atoms with Crippen LogP contribution in [0.2, 0.25) is 5.02 Å². The van der Waals surface area contributed by atoms with Crippen molar-refractivity contribution in [1.82, 2.24) is 0 Å². The Hall–Kier alpha value is -1.81. The molecule has 0 aromatic heterocycles. The molecule has 0 aliphatic carbocycles. The lowest BCUT2D eigenvalue weighted by atomic mass is 10.1. The van der Waals surface area contributed by atoms with E-state index in [2.05, 4.69) is 11.9 Å². The number of hydrogen-bond acceptors (Lipinski definition) is 3. The van der Waals surface area contributed by atoms with E-state index in [9.17, 15) is 9.59 Å². The third kappa shape index (κ3) is 4.75. The highest BCUT2D eigenvalue weighted by molar-refractivity contribution is 6.34. The molecule has 1 aromatic rings. The maximum Gasteiger partial charge on any atom is 0.412 e. The van der Waals surface area contributed by atoms with Gasteiger partial charge in [-0.2, -0.15) is 0 Å². The van der Waals surface area contributed by atoms with Gasteiger partial charge in [0.25, 0.3) is 0 Å². The molecule has 0 saturated carbocycles. The van der Waals surface area contributed by atoms with Crippen molar-refractivity contribution >= 4 is 29.2 Å². The minimum atomic E-state index is -0.591. The number of allylic oxidation sites excluding steroid dienone is 1. The highest BCUT2D eigenvalue weighted by atomic mass is 35.5. The fraction of sp³-hybridized carbons (Fsp3) is 0.286. The highest BCUT2D eigenvalue weighted by Gasteiger charge is 2.17. The predicted molar refractivity (Wildman–Crippen MR) is 75.8 cm³/mol. The van der Waals surface area contributed by atoms with Gasteiger partial charge in [-0.3, -0.25) is 10.1 Å². The average molecular weight is 282 g/mol. The molecule has 1 N–H and O–H groups in total. The molecule has 0 unspecified atom stereocenters. The minimum absolute atomic E-state index is 0.283. The van der Waals surface area contributed by atoms with Gasteiger partial charge in [0.1, 0.15) is 5.60 Å². The van der Waals surface area contributed by atoms with Crippen molar-refractivity contribution in [3.63, 3.8) is 0 Å². The van der Waals surface area contributed by atoms with Crippen molar-refractivity contribution in [3.05, 3.63) is 41.4 Å². The summed E-state index contributed by atoms with van der Waals surface area (Å²) in [6.45, 7) is 8.69. The minimum Gasteiger partial charge on any atom is -0.444 e. The standard InChI is InChI=1S/C14H16ClNO3/c1-5-12(17)10-8-9(6-7-11(10)15)16-13(18)19-14(2,3)4/h5-8H,1H2,2-4H3,(H,16,18). The van der Waals surface area contributed by atoms with Gasteiger partial charge in [-0.05, 0) is 45.0 Å². The first-order valence-corrected chi connectivity index (χ1v) is 6.07. The topological polar surface area (TPSA) is 55.4 Å². The first kappa shape index (κ1) is 15.2. The van der Waals surface area contributed by atoms with Crippen LogP contribution in [0.4, 0.5) is 10.5 Å². The third-order valence-electron chi connectivity index (χ3n) is 2.06. The Kier molecular flexibility index (Phi) is 4.72. The van der Waals surface area contributed by atoms with Crippen LogP contribution in [0, 0.1) is 0 Å². The second-order valence-electron chi connectivity index (χ2n) is 4.89. The number of hydrogen-bond donors (Lipinski definition) is 1. The van der Waals surface area contributed by atoms with Crippen LogP contribution in [0.1, 0.15) is 31.1 Å². The SMILES string of the molecule is C=CC(=O)c1cc(NC(=O)OC(C)(C)C)ccc1Cl. The molecule has 1 amide bonds. The molecular formula is C14H16ClNO3. The Morgan fingerprint density at radius 1 is 1.37 bits per heavy atom. The molecule has 5 heteroatoms. The number of amides is 1. The van der Waals surface area contributed by atoms with Crippen LogP contribution in [0.3, 0.4) is 0 Å². The van der Waals surface area contributed by atoms with Crippen molar-refractivity contribution in [2.24, 2.45) is 0 Å². The first-order valence-electron chi connectivity index (χ1n) is 5.69. The molecule has 0 bridgehead atoms. The van der Waals surface area contributed by atoms with Gasteiger partial charge in [-0.1, -0.05) is 18.2 Å². The summed E-state index contributed by atoms with van der Waals surface area (Å²) in [7, 11) is 0. The van der Waals surface area contributed by atoms with Gasteiger partial charge >= 0.3 is 6.09 Å². The smallest absolute Gasteiger partial charge is 0.412 e. The van der Waals surface area contributed by atoms with Crippen LogP contribution in [0.15, 0.2) is 30.9 Å². The number of benzene rings is 1. The first-order chi connectivity index (χ1) is 8.73. The summed E-state index contributed by atoms with van der Waals surface area (Å²) in [5.41, 5.74) is 0.130. The summed E-state index contributed by atoms with van der Waals surface area (Å²) in [6, 6.07) is 4.60. The molecule has 0 fully saturated rings. The molecule has 102 valence electrons. The lowest BCUT2D eigenvalue weighted by Gasteiger charge is -2.19. The van der Waals surface area contributed by atoms with Crippen molar-refractivity contribution in [1.29, 1.82) is 0 Å². The Bertz CT molecular complexity index is 518. The molecule has 0 atom stereocenters. The zero-order valence-electron chi connectivity index (χ0n) is 11.1. The zero-order chi connectivity index (χ0) is 14.6. The van der Waals surface area contributed by atoms with Crippen LogP contribution >= 0.6 is 11.6 Å². The molecule has 0 aliphatic heterocycles. The molecule has 0 aliphatic rings. The lowest BCUT2D eigenvalue weighted by Crippen LogP contribution is -2.27. The van der Waals surface area contributed by atoms with Crippen LogP contribution in [0.5, 0.6) is 0 Å². The number of carbonyl (C=O) groups is 2. The molecule has 0 heterocycles. The molecule has 0 radical (unpaired) electrons. The van der Waals surface area contributed by atoms with E-state index in [0.29, 0.717) is 10.7 Å². The summed E-state index contributed by atoms with van der Waals surface area (Å²) in [5, 5.41) is 2.84. The number of halogens is 1. The molecule has 1 rings (SSSR count). The van der Waals surface area contributed by atoms with Crippen LogP contribution in [-0.4, -0.2) is 17.5 Å². The van der Waals surface area contributed by atoms with E-state index in [1.54, 1.807) is 26.8 Å². The van der Waals surface area contributed by atoms with Crippen LogP contribution in [-0.2, 0) is 4.74 Å². The molecular weight excluding hydrogens is 266 g/mol. The second kappa shape index (κ2) is 5.89. The zero-order valence-corrected chi connectivity index (χ0v) is 11.9. The average Bonchev–Trinajstić information content (AvgIpc) is 2.28. The van der Waals surface area contributed by atoms with E-state index in [-0.39, 0.29) is 11.3 Å². The van der Waals surface area contributed by atoms with Gasteiger partial charge < -0.3 is 4.74 Å². The molecule has 19 heavy (non-hydrogen) atoms. The highest BCUT2D eigenvalue weighted by Crippen LogP contribution is 2.22. The van der Waals surface area contributed by atoms with Gasteiger partial charge in [0, 0.05) is 11.3 Å². The number of carbonyl (C=O) groups excluding carboxylic acids is 2. The van der Waals surface area contributed by atoms with Crippen LogP contribution < -0.4 is 5.32 Å². The third-order valence-corrected chi connectivity index (χ3v) is 2.39. The summed E-state index contributed by atoms with van der Waals surface area (Å²) in [6.07, 6.45) is 0.574. The Balaban J connectivity index is 2.89. The second-order valence-corrected chi connectivity index (χ2v) is 5.30. The molecule has 1 aromatic carbocycles. The summed E-state index contributed by atoms with van der Waals surface area (Å²) < 4.78 is 5.11. The Labute approximate surface area is 117 Å². The van der Waals surface area contributed by atoms with Crippen molar-refractivity contribution in [3.8, 4) is 0 Å². The van der Waals surface area contributed by atoms with E-state index >= 15 is 0 Å². The van der Waals surface area contributed by atoms with Gasteiger partial charge in [0.2, 0.25) is 0 Å². The quantitative estimate of drug-likeness (QED) is 0.671. The number of ether oxygens (including phenoxy) is 1. The normalized spacial score (nSPS) is 10.7. The maximum atomic E-state index is 11.6. The molecule has 4 nitrogen and oxygen atoms in total. The number of ketones is 1. The van der Waals surface area contributed by atoms with E-state index in [1.165, 1.54) is 18.2 Å². The van der Waals surface area contributed by atoms with Gasteiger partial charge in [0.15, 0.2) is 5.78 Å². The fourth-order valence-electron chi connectivity index (χ4n) is 1.32. The Morgan fingerprint density at radius 2 is 2.00 bits per heavy atom. The predicted octanol–water partition coefficient (Wildman–Crippen LogP) is 4.06. The van der Waals surface area contributed by atoms with Gasteiger partial charge in [-0.25, -0.2) is 4.79 Å². The van der Waals surface area contributed by atoms with Crippen molar-refractivity contribution in [2.45, 2.75) is 26.4 Å². The van der Waals surface area contributed by atoms with E-state index in [4.69, 9.17) is 16.3 Å². The number of nitrogens with one attached hydrogen (secondary N) is 1. The monoisotopic (exact) mass is 281 g/mol. The molecule has 0 spiro atoms. The summed E-state index contributed by atoms with van der Waals surface area (Å²) in [4.78, 5) is 23.1. The van der Waals surface area contributed by atoms with E-state index < -0.39 is 11.7 Å². The van der Waals surface area contributed by atoms with Crippen molar-refractivity contribution < 1.29 is 14.3 Å². The fourth-order valence-corrected chi connectivity index (χ4v) is 1.53. The number of rotatable bonds is 3.